The molecule has 1 saturated carbocycles. The van der Waals surface area contributed by atoms with Crippen molar-refractivity contribution in [1.29, 1.82) is 0 Å². The smallest absolute Gasteiger partial charge is 0.410 e. The lowest BCUT2D eigenvalue weighted by Crippen LogP contribution is -2.40. The highest BCUT2D eigenvalue weighted by atomic mass is 35.5. The van der Waals surface area contributed by atoms with E-state index < -0.39 is 0 Å². The number of hydrogen-bond acceptors (Lipinski definition) is 3. The van der Waals surface area contributed by atoms with Crippen molar-refractivity contribution in [3.8, 4) is 17.6 Å². The molecule has 27 heavy (non-hydrogen) atoms. The van der Waals surface area contributed by atoms with Crippen molar-refractivity contribution < 1.29 is 9.53 Å². The number of amides is 1. The van der Waals surface area contributed by atoms with Gasteiger partial charge in [-0.05, 0) is 57.0 Å². The molecule has 0 aromatic heterocycles. The van der Waals surface area contributed by atoms with E-state index in [1.54, 1.807) is 29.2 Å². The van der Waals surface area contributed by atoms with Crippen molar-refractivity contribution in [1.82, 2.24) is 9.80 Å². The van der Waals surface area contributed by atoms with Crippen LogP contribution in [0, 0.1) is 17.8 Å². The minimum Gasteiger partial charge on any atom is -0.410 e. The molecule has 1 aliphatic carbocycles. The van der Waals surface area contributed by atoms with Gasteiger partial charge >= 0.3 is 6.09 Å². The monoisotopic (exact) mass is 388 g/mol. The summed E-state index contributed by atoms with van der Waals surface area (Å²) in [6.07, 6.45) is 6.44. The number of halogens is 1. The van der Waals surface area contributed by atoms with Gasteiger partial charge in [0.05, 0.1) is 0 Å². The largest absolute Gasteiger partial charge is 0.415 e. The van der Waals surface area contributed by atoms with E-state index in [2.05, 4.69) is 30.4 Å². The van der Waals surface area contributed by atoms with Crippen LogP contribution in [0.25, 0.3) is 0 Å². The molecule has 4 nitrogen and oxygen atoms in total. The molecule has 0 aliphatic heterocycles. The van der Waals surface area contributed by atoms with Crippen LogP contribution in [0.4, 0.5) is 4.79 Å². The number of ether oxygens (including phenoxy) is 1. The lowest BCUT2D eigenvalue weighted by atomic mass is 9.86. The number of benzene rings is 1. The van der Waals surface area contributed by atoms with Gasteiger partial charge in [0.25, 0.3) is 0 Å². The Hall–Kier alpha value is -1.96. The van der Waals surface area contributed by atoms with Gasteiger partial charge in [0, 0.05) is 43.5 Å². The molecule has 1 aliphatic rings. The van der Waals surface area contributed by atoms with Crippen LogP contribution in [0.1, 0.15) is 32.1 Å². The van der Waals surface area contributed by atoms with Gasteiger partial charge in [-0.3, -0.25) is 0 Å². The van der Waals surface area contributed by atoms with Gasteiger partial charge in [-0.2, -0.15) is 0 Å². The van der Waals surface area contributed by atoms with Crippen molar-refractivity contribution in [3.05, 3.63) is 41.9 Å². The summed E-state index contributed by atoms with van der Waals surface area (Å²) >= 11 is 5.85. The van der Waals surface area contributed by atoms with E-state index in [9.17, 15) is 4.79 Å². The fraction of sp³-hybridized carbons (Fsp3) is 0.500. The summed E-state index contributed by atoms with van der Waals surface area (Å²) in [5, 5.41) is 0.620. The summed E-state index contributed by atoms with van der Waals surface area (Å²) < 4.78 is 5.42. The molecule has 0 atom stereocenters. The predicted octanol–water partition coefficient (Wildman–Crippen LogP) is 4.84. The number of rotatable bonds is 6. The number of carbonyl (C=O) groups excluding carboxylic acids is 1. The zero-order valence-electron chi connectivity index (χ0n) is 16.3. The van der Waals surface area contributed by atoms with E-state index in [-0.39, 0.29) is 12.1 Å². The molecular formula is C22H29ClN2O2. The standard InChI is InChI=1S/C22H29ClN2O2/c1-4-16-24(2)17-6-5-7-18-8-12-20(13-9-18)25(3)22(26)27-21-14-10-19(23)11-15-21/h4,10-11,14-15,18,20H,1,6,8-9,12-13,16-17H2,2-3H3. The van der Waals surface area contributed by atoms with Gasteiger partial charge in [-0.25, -0.2) is 4.79 Å². The zero-order valence-corrected chi connectivity index (χ0v) is 17.0. The molecule has 0 saturated heterocycles. The molecule has 0 radical (unpaired) electrons. The summed E-state index contributed by atoms with van der Waals surface area (Å²) in [6, 6.07) is 7.04. The van der Waals surface area contributed by atoms with Crippen LogP contribution in [0.3, 0.4) is 0 Å². The quantitative estimate of drug-likeness (QED) is 0.516. The van der Waals surface area contributed by atoms with Gasteiger partial charge in [0.15, 0.2) is 0 Å². The van der Waals surface area contributed by atoms with Crippen molar-refractivity contribution in [3.63, 3.8) is 0 Å². The summed E-state index contributed by atoms with van der Waals surface area (Å²) in [4.78, 5) is 16.3. The molecule has 0 unspecified atom stereocenters. The number of likely N-dealkylation sites (N-methyl/N-ethyl adjacent to an activating group) is 1. The lowest BCUT2D eigenvalue weighted by Gasteiger charge is -2.32. The maximum Gasteiger partial charge on any atom is 0.415 e. The first-order chi connectivity index (χ1) is 13.0. The van der Waals surface area contributed by atoms with Gasteiger partial charge < -0.3 is 14.5 Å². The molecule has 0 N–H and O–H groups in total. The summed E-state index contributed by atoms with van der Waals surface area (Å²) in [6.45, 7) is 5.60. The van der Waals surface area contributed by atoms with E-state index in [0.29, 0.717) is 16.7 Å². The SMILES string of the molecule is C=CCN(C)CCC#CC1CCC(N(C)C(=O)Oc2ccc(Cl)cc2)CC1. The average Bonchev–Trinajstić information content (AvgIpc) is 2.67. The molecule has 0 heterocycles. The number of hydrogen-bond donors (Lipinski definition) is 0. The first-order valence-corrected chi connectivity index (χ1v) is 9.85. The second-order valence-corrected chi connectivity index (χ2v) is 7.50. The van der Waals surface area contributed by atoms with E-state index in [0.717, 1.165) is 45.2 Å². The maximum absolute atomic E-state index is 12.3. The summed E-state index contributed by atoms with van der Waals surface area (Å²) in [5.41, 5.74) is 0. The highest BCUT2D eigenvalue weighted by Gasteiger charge is 2.26. The van der Waals surface area contributed by atoms with Crippen molar-refractivity contribution in [2.24, 2.45) is 5.92 Å². The predicted molar refractivity (Wildman–Crippen MR) is 111 cm³/mol. The van der Waals surface area contributed by atoms with Crippen LogP contribution < -0.4 is 4.74 Å². The third kappa shape index (κ3) is 7.28. The Labute approximate surface area is 168 Å². The van der Waals surface area contributed by atoms with E-state index in [4.69, 9.17) is 16.3 Å². The Balaban J connectivity index is 1.73. The summed E-state index contributed by atoms with van der Waals surface area (Å²) in [7, 11) is 3.89. The molecule has 1 amide bonds. The topological polar surface area (TPSA) is 32.8 Å². The Morgan fingerprint density at radius 1 is 1.26 bits per heavy atom. The van der Waals surface area contributed by atoms with Crippen LogP contribution >= 0.6 is 11.6 Å². The van der Waals surface area contributed by atoms with E-state index >= 15 is 0 Å². The third-order valence-corrected chi connectivity index (χ3v) is 5.17. The first kappa shape index (κ1) is 21.3. The van der Waals surface area contributed by atoms with Crippen LogP contribution in [-0.4, -0.2) is 49.1 Å². The highest BCUT2D eigenvalue weighted by Crippen LogP contribution is 2.27. The second kappa shape index (κ2) is 11.0. The Morgan fingerprint density at radius 3 is 2.56 bits per heavy atom. The molecule has 146 valence electrons. The molecule has 1 aromatic carbocycles. The molecule has 0 spiro atoms. The Morgan fingerprint density at radius 2 is 1.93 bits per heavy atom. The molecule has 1 fully saturated rings. The Bertz CT molecular complexity index is 670. The third-order valence-electron chi connectivity index (χ3n) is 4.92. The van der Waals surface area contributed by atoms with Crippen LogP contribution in [0.2, 0.25) is 5.02 Å². The summed E-state index contributed by atoms with van der Waals surface area (Å²) in [5.74, 6) is 7.66. The minimum atomic E-state index is -0.322. The number of carbonyl (C=O) groups is 1. The van der Waals surface area contributed by atoms with Crippen molar-refractivity contribution in [2.45, 2.75) is 38.1 Å². The normalized spacial score (nSPS) is 19.1. The lowest BCUT2D eigenvalue weighted by molar-refractivity contribution is 0.129. The second-order valence-electron chi connectivity index (χ2n) is 7.06. The number of nitrogens with zero attached hydrogens (tertiary/aromatic N) is 2. The minimum absolute atomic E-state index is 0.210. The molecular weight excluding hydrogens is 360 g/mol. The zero-order chi connectivity index (χ0) is 19.6. The van der Waals surface area contributed by atoms with Crippen molar-refractivity contribution >= 4 is 17.7 Å². The van der Waals surface area contributed by atoms with Crippen LogP contribution in [0.5, 0.6) is 5.75 Å². The van der Waals surface area contributed by atoms with Gasteiger partial charge in [0.2, 0.25) is 0 Å². The fourth-order valence-corrected chi connectivity index (χ4v) is 3.33. The molecule has 1 aromatic rings. The molecule has 2 rings (SSSR count). The van der Waals surface area contributed by atoms with Gasteiger partial charge in [-0.1, -0.05) is 23.6 Å². The van der Waals surface area contributed by atoms with Crippen LogP contribution in [-0.2, 0) is 0 Å². The van der Waals surface area contributed by atoms with Crippen molar-refractivity contribution in [2.75, 3.05) is 27.2 Å². The first-order valence-electron chi connectivity index (χ1n) is 9.47. The maximum atomic E-state index is 12.3. The highest BCUT2D eigenvalue weighted by molar-refractivity contribution is 6.30. The average molecular weight is 389 g/mol. The van der Waals surface area contributed by atoms with Crippen LogP contribution in [0.15, 0.2) is 36.9 Å². The van der Waals surface area contributed by atoms with Gasteiger partial charge in [-0.15, -0.1) is 12.5 Å². The Kier molecular flexibility index (Phi) is 8.71. The molecule has 5 heteroatoms. The van der Waals surface area contributed by atoms with Gasteiger partial charge in [0.1, 0.15) is 5.75 Å². The molecule has 0 bridgehead atoms. The van der Waals surface area contributed by atoms with E-state index in [1.165, 1.54) is 0 Å². The fourth-order valence-electron chi connectivity index (χ4n) is 3.21. The van der Waals surface area contributed by atoms with E-state index in [1.807, 2.05) is 13.1 Å².